The highest BCUT2D eigenvalue weighted by Gasteiger charge is 2.21. The van der Waals surface area contributed by atoms with Crippen molar-refractivity contribution in [2.24, 2.45) is 0 Å². The van der Waals surface area contributed by atoms with E-state index in [0.29, 0.717) is 11.3 Å². The van der Waals surface area contributed by atoms with Crippen molar-refractivity contribution in [2.75, 3.05) is 6.61 Å². The van der Waals surface area contributed by atoms with Crippen molar-refractivity contribution in [1.82, 2.24) is 9.55 Å². The molecule has 2 aromatic rings. The maximum absolute atomic E-state index is 12.6. The maximum atomic E-state index is 12.6. The van der Waals surface area contributed by atoms with E-state index < -0.39 is 17.7 Å². The average molecular weight is 356 g/mol. The van der Waals surface area contributed by atoms with Crippen molar-refractivity contribution in [3.8, 4) is 11.1 Å². The molecule has 0 aliphatic heterocycles. The number of hydrogen-bond donors (Lipinski definition) is 0. The largest absolute Gasteiger partial charge is 0.463 e. The van der Waals surface area contributed by atoms with E-state index in [1.165, 1.54) is 10.6 Å². The normalized spacial score (nSPS) is 12.0. The summed E-state index contributed by atoms with van der Waals surface area (Å²) < 4.78 is 11.9. The Morgan fingerprint density at radius 1 is 1.19 bits per heavy atom. The second-order valence-electron chi connectivity index (χ2n) is 6.78. The zero-order chi connectivity index (χ0) is 19.3. The van der Waals surface area contributed by atoms with Gasteiger partial charge in [0.1, 0.15) is 5.60 Å². The van der Waals surface area contributed by atoms with Crippen molar-refractivity contribution >= 4 is 17.6 Å². The lowest BCUT2D eigenvalue weighted by molar-refractivity contribution is -0.137. The first-order chi connectivity index (χ1) is 12.2. The van der Waals surface area contributed by atoms with Crippen LogP contribution in [0.2, 0.25) is 0 Å². The van der Waals surface area contributed by atoms with Crippen molar-refractivity contribution in [3.05, 3.63) is 48.6 Å². The van der Waals surface area contributed by atoms with Crippen LogP contribution in [0.4, 0.5) is 4.79 Å². The molecule has 0 saturated carbocycles. The summed E-state index contributed by atoms with van der Waals surface area (Å²) in [6.45, 7) is 9.20. The standard InChI is InChI=1S/C20H24N2O4/c1-6-25-18(23)11-14(2)17-12-16(15-7-9-21-10-8-15)13-22(17)19(24)26-20(3,4)5/h7-13H,6H2,1-5H3. The topological polar surface area (TPSA) is 70.4 Å². The Morgan fingerprint density at radius 3 is 2.42 bits per heavy atom. The monoisotopic (exact) mass is 356 g/mol. The first kappa shape index (κ1) is 19.4. The number of carbonyl (C=O) groups is 2. The van der Waals surface area contributed by atoms with Gasteiger partial charge in [0, 0.05) is 30.2 Å². The van der Waals surface area contributed by atoms with Gasteiger partial charge in [-0.05, 0) is 64.0 Å². The number of ether oxygens (including phenoxy) is 2. The molecule has 0 aliphatic carbocycles. The summed E-state index contributed by atoms with van der Waals surface area (Å²) in [7, 11) is 0. The van der Waals surface area contributed by atoms with Gasteiger partial charge in [-0.2, -0.15) is 0 Å². The Kier molecular flexibility index (Phi) is 5.97. The van der Waals surface area contributed by atoms with Gasteiger partial charge in [0.2, 0.25) is 0 Å². The Hall–Kier alpha value is -2.89. The molecule has 0 radical (unpaired) electrons. The molecule has 6 heteroatoms. The summed E-state index contributed by atoms with van der Waals surface area (Å²) in [5.74, 6) is -0.451. The summed E-state index contributed by atoms with van der Waals surface area (Å²) in [6, 6.07) is 5.54. The number of allylic oxidation sites excluding steroid dienone is 1. The molecule has 6 nitrogen and oxygen atoms in total. The fourth-order valence-electron chi connectivity index (χ4n) is 2.37. The molecule has 0 fully saturated rings. The van der Waals surface area contributed by atoms with Crippen molar-refractivity contribution in [3.63, 3.8) is 0 Å². The molecule has 2 heterocycles. The van der Waals surface area contributed by atoms with Gasteiger partial charge in [-0.3, -0.25) is 9.55 Å². The molecule has 2 rings (SSSR count). The molecule has 0 atom stereocenters. The van der Waals surface area contributed by atoms with Crippen molar-refractivity contribution in [2.45, 2.75) is 40.2 Å². The quantitative estimate of drug-likeness (QED) is 0.603. The Balaban J connectivity index is 2.48. The summed E-state index contributed by atoms with van der Waals surface area (Å²) in [5, 5.41) is 0. The fraction of sp³-hybridized carbons (Fsp3) is 0.350. The van der Waals surface area contributed by atoms with Crippen LogP contribution >= 0.6 is 0 Å². The highest BCUT2D eigenvalue weighted by Crippen LogP contribution is 2.26. The van der Waals surface area contributed by atoms with E-state index >= 15 is 0 Å². The number of pyridine rings is 1. The third kappa shape index (κ3) is 5.05. The van der Waals surface area contributed by atoms with Crippen LogP contribution in [0.1, 0.15) is 40.3 Å². The molecule has 0 saturated heterocycles. The number of aromatic nitrogens is 2. The van der Waals surface area contributed by atoms with E-state index in [9.17, 15) is 9.59 Å². The van der Waals surface area contributed by atoms with Crippen LogP contribution < -0.4 is 0 Å². The number of carbonyl (C=O) groups excluding carboxylic acids is 2. The third-order valence-corrected chi connectivity index (χ3v) is 3.45. The molecule has 2 aromatic heterocycles. The van der Waals surface area contributed by atoms with E-state index in [1.54, 1.807) is 53.2 Å². The first-order valence-corrected chi connectivity index (χ1v) is 8.43. The summed E-state index contributed by atoms with van der Waals surface area (Å²) in [6.07, 6.45) is 5.92. The lowest BCUT2D eigenvalue weighted by Crippen LogP contribution is -2.27. The maximum Gasteiger partial charge on any atom is 0.418 e. The van der Waals surface area contributed by atoms with Crippen LogP contribution in [-0.2, 0) is 14.3 Å². The zero-order valence-corrected chi connectivity index (χ0v) is 15.8. The molecule has 0 bridgehead atoms. The lowest BCUT2D eigenvalue weighted by Gasteiger charge is -2.20. The van der Waals surface area contributed by atoms with Gasteiger partial charge < -0.3 is 9.47 Å². The van der Waals surface area contributed by atoms with E-state index in [-0.39, 0.29) is 6.61 Å². The van der Waals surface area contributed by atoms with E-state index in [0.717, 1.165) is 11.1 Å². The van der Waals surface area contributed by atoms with Gasteiger partial charge in [0.05, 0.1) is 12.3 Å². The second kappa shape index (κ2) is 7.99. The first-order valence-electron chi connectivity index (χ1n) is 8.43. The van der Waals surface area contributed by atoms with Crippen LogP contribution in [0.5, 0.6) is 0 Å². The minimum Gasteiger partial charge on any atom is -0.463 e. The minimum absolute atomic E-state index is 0.290. The Labute approximate surface area is 153 Å². The third-order valence-electron chi connectivity index (χ3n) is 3.45. The van der Waals surface area contributed by atoms with Gasteiger partial charge >= 0.3 is 12.1 Å². The van der Waals surface area contributed by atoms with Crippen LogP contribution in [0.25, 0.3) is 16.7 Å². The molecule has 0 spiro atoms. The van der Waals surface area contributed by atoms with Gasteiger partial charge in [-0.25, -0.2) is 9.59 Å². The minimum atomic E-state index is -0.631. The SMILES string of the molecule is CCOC(=O)C=C(C)c1cc(-c2ccncc2)cn1C(=O)OC(C)(C)C. The molecule has 0 amide bonds. The predicted octanol–water partition coefficient (Wildman–Crippen LogP) is 4.30. The molecular weight excluding hydrogens is 332 g/mol. The number of hydrogen-bond acceptors (Lipinski definition) is 5. The number of rotatable bonds is 4. The smallest absolute Gasteiger partial charge is 0.418 e. The van der Waals surface area contributed by atoms with E-state index in [2.05, 4.69) is 4.98 Å². The van der Waals surface area contributed by atoms with Crippen molar-refractivity contribution < 1.29 is 19.1 Å². The molecule has 0 aromatic carbocycles. The van der Waals surface area contributed by atoms with Gasteiger partial charge in [-0.15, -0.1) is 0 Å². The fourth-order valence-corrected chi connectivity index (χ4v) is 2.37. The highest BCUT2D eigenvalue weighted by molar-refractivity contribution is 5.92. The van der Waals surface area contributed by atoms with Crippen LogP contribution in [0.15, 0.2) is 42.9 Å². The van der Waals surface area contributed by atoms with Gasteiger partial charge in [0.15, 0.2) is 0 Å². The zero-order valence-electron chi connectivity index (χ0n) is 15.8. The molecule has 0 aliphatic rings. The predicted molar refractivity (Wildman–Crippen MR) is 99.6 cm³/mol. The number of nitrogens with zero attached hydrogens (tertiary/aromatic N) is 2. The lowest BCUT2D eigenvalue weighted by atomic mass is 10.1. The van der Waals surface area contributed by atoms with Crippen LogP contribution in [-0.4, -0.2) is 33.8 Å². The van der Waals surface area contributed by atoms with Gasteiger partial charge in [-0.1, -0.05) is 0 Å². The molecule has 0 unspecified atom stereocenters. The number of esters is 1. The van der Waals surface area contributed by atoms with Gasteiger partial charge in [0.25, 0.3) is 0 Å². The highest BCUT2D eigenvalue weighted by atomic mass is 16.6. The molecule has 26 heavy (non-hydrogen) atoms. The molecular formula is C20H24N2O4. The second-order valence-corrected chi connectivity index (χ2v) is 6.78. The molecule has 138 valence electrons. The average Bonchev–Trinajstić information content (AvgIpc) is 3.00. The van der Waals surface area contributed by atoms with Crippen LogP contribution in [0, 0.1) is 0 Å². The Morgan fingerprint density at radius 2 is 1.85 bits per heavy atom. The summed E-state index contributed by atoms with van der Waals surface area (Å²) >= 11 is 0. The summed E-state index contributed by atoms with van der Waals surface area (Å²) in [5.41, 5.74) is 2.28. The van der Waals surface area contributed by atoms with Crippen molar-refractivity contribution in [1.29, 1.82) is 0 Å². The Bertz CT molecular complexity index is 814. The molecule has 0 N–H and O–H groups in total. The van der Waals surface area contributed by atoms with E-state index in [1.807, 2.05) is 18.2 Å². The van der Waals surface area contributed by atoms with E-state index in [4.69, 9.17) is 9.47 Å². The summed E-state index contributed by atoms with van der Waals surface area (Å²) in [4.78, 5) is 28.4. The van der Waals surface area contributed by atoms with Crippen LogP contribution in [0.3, 0.4) is 0 Å².